The van der Waals surface area contributed by atoms with Crippen LogP contribution in [0.1, 0.15) is 18.4 Å². The van der Waals surface area contributed by atoms with Crippen LogP contribution < -0.4 is 4.74 Å². The Bertz CT molecular complexity index is 363. The molecule has 0 aliphatic rings. The molecule has 1 rings (SSSR count). The minimum Gasteiger partial charge on any atom is -0.495 e. The second kappa shape index (κ2) is 5.03. The quantitative estimate of drug-likeness (QED) is 0.746. The minimum absolute atomic E-state index is 0.278. The van der Waals surface area contributed by atoms with Gasteiger partial charge < -0.3 is 9.47 Å². The van der Waals surface area contributed by atoms with Gasteiger partial charge in [0.25, 0.3) is 0 Å². The summed E-state index contributed by atoms with van der Waals surface area (Å²) < 4.78 is 9.72. The third-order valence-corrected chi connectivity index (χ3v) is 2.54. The second-order valence-electron chi connectivity index (χ2n) is 3.14. The molecule has 0 aliphatic carbocycles. The first-order valence-electron chi connectivity index (χ1n) is 4.51. The van der Waals surface area contributed by atoms with Crippen molar-refractivity contribution in [2.45, 2.75) is 12.8 Å². The summed E-state index contributed by atoms with van der Waals surface area (Å²) in [5.41, 5.74) is 0.822. The fourth-order valence-corrected chi connectivity index (χ4v) is 1.45. The van der Waals surface area contributed by atoms with Gasteiger partial charge >= 0.3 is 5.97 Å². The van der Waals surface area contributed by atoms with Crippen molar-refractivity contribution in [3.63, 3.8) is 0 Å². The molecule has 0 aliphatic heterocycles. The number of ether oxygens (including phenoxy) is 2. The smallest absolute Gasteiger partial charge is 0.312 e. The van der Waals surface area contributed by atoms with E-state index in [9.17, 15) is 4.79 Å². The Kier molecular flexibility index (Phi) is 3.97. The molecule has 3 nitrogen and oxygen atoms in total. The summed E-state index contributed by atoms with van der Waals surface area (Å²) in [4.78, 5) is 11.3. The highest BCUT2D eigenvalue weighted by molar-refractivity contribution is 6.32. The SMILES string of the molecule is COC(=O)C(C)c1ccc(Cl)c(OC)c1. The van der Waals surface area contributed by atoms with Crippen molar-refractivity contribution in [2.24, 2.45) is 0 Å². The van der Waals surface area contributed by atoms with Crippen LogP contribution in [0, 0.1) is 0 Å². The van der Waals surface area contributed by atoms with Gasteiger partial charge in [-0.1, -0.05) is 17.7 Å². The summed E-state index contributed by atoms with van der Waals surface area (Å²) in [5, 5.41) is 0.526. The molecule has 0 saturated carbocycles. The van der Waals surface area contributed by atoms with Gasteiger partial charge in [0.1, 0.15) is 5.75 Å². The van der Waals surface area contributed by atoms with E-state index in [-0.39, 0.29) is 11.9 Å². The minimum atomic E-state index is -0.318. The van der Waals surface area contributed by atoms with Crippen molar-refractivity contribution < 1.29 is 14.3 Å². The lowest BCUT2D eigenvalue weighted by atomic mass is 10.0. The normalized spacial score (nSPS) is 12.0. The van der Waals surface area contributed by atoms with Crippen molar-refractivity contribution in [2.75, 3.05) is 14.2 Å². The van der Waals surface area contributed by atoms with Crippen LogP contribution in [-0.2, 0) is 9.53 Å². The summed E-state index contributed by atoms with van der Waals surface area (Å²) in [6.07, 6.45) is 0. The first kappa shape index (κ1) is 11.9. The fraction of sp³-hybridized carbons (Fsp3) is 0.364. The Morgan fingerprint density at radius 2 is 2.07 bits per heavy atom. The summed E-state index contributed by atoms with van der Waals surface area (Å²) >= 11 is 5.87. The molecule has 0 bridgehead atoms. The number of hydrogen-bond acceptors (Lipinski definition) is 3. The Balaban J connectivity index is 3.00. The number of hydrogen-bond donors (Lipinski definition) is 0. The van der Waals surface area contributed by atoms with E-state index < -0.39 is 0 Å². The first-order valence-corrected chi connectivity index (χ1v) is 4.89. The van der Waals surface area contributed by atoms with Crippen LogP contribution in [0.15, 0.2) is 18.2 Å². The van der Waals surface area contributed by atoms with Crippen molar-refractivity contribution in [3.05, 3.63) is 28.8 Å². The Hall–Kier alpha value is -1.22. The van der Waals surface area contributed by atoms with E-state index in [4.69, 9.17) is 16.3 Å². The molecule has 0 N–H and O–H groups in total. The van der Waals surface area contributed by atoms with Crippen molar-refractivity contribution in [1.82, 2.24) is 0 Å². The van der Waals surface area contributed by atoms with Gasteiger partial charge in [0.05, 0.1) is 25.2 Å². The molecule has 1 aromatic carbocycles. The standard InChI is InChI=1S/C11H13ClO3/c1-7(11(13)15-3)8-4-5-9(12)10(6-8)14-2/h4-7H,1-3H3. The van der Waals surface area contributed by atoms with Gasteiger partial charge in [-0.3, -0.25) is 4.79 Å². The van der Waals surface area contributed by atoms with Crippen LogP contribution >= 0.6 is 11.6 Å². The lowest BCUT2D eigenvalue weighted by Gasteiger charge is -2.11. The third-order valence-electron chi connectivity index (χ3n) is 2.23. The highest BCUT2D eigenvalue weighted by atomic mass is 35.5. The van der Waals surface area contributed by atoms with E-state index in [2.05, 4.69) is 4.74 Å². The zero-order chi connectivity index (χ0) is 11.4. The third kappa shape index (κ3) is 2.63. The molecule has 0 fully saturated rings. The molecule has 0 radical (unpaired) electrons. The van der Waals surface area contributed by atoms with Gasteiger partial charge in [0.15, 0.2) is 0 Å². The maximum atomic E-state index is 11.3. The van der Waals surface area contributed by atoms with Gasteiger partial charge in [-0.05, 0) is 24.6 Å². The highest BCUT2D eigenvalue weighted by Crippen LogP contribution is 2.28. The highest BCUT2D eigenvalue weighted by Gasteiger charge is 2.16. The molecule has 15 heavy (non-hydrogen) atoms. The van der Waals surface area contributed by atoms with Crippen LogP contribution in [0.3, 0.4) is 0 Å². The molecular formula is C11H13ClO3. The van der Waals surface area contributed by atoms with Crippen LogP contribution in [0.5, 0.6) is 5.75 Å². The molecule has 0 spiro atoms. The number of esters is 1. The molecule has 82 valence electrons. The summed E-state index contributed by atoms with van der Waals surface area (Å²) in [6, 6.07) is 5.23. The maximum absolute atomic E-state index is 11.3. The molecule has 0 amide bonds. The van der Waals surface area contributed by atoms with E-state index in [1.807, 2.05) is 0 Å². The summed E-state index contributed by atoms with van der Waals surface area (Å²) in [5.74, 6) is -0.0366. The molecule has 0 aromatic heterocycles. The predicted octanol–water partition coefficient (Wildman–Crippen LogP) is 2.63. The number of carbonyl (C=O) groups is 1. The zero-order valence-electron chi connectivity index (χ0n) is 8.91. The number of benzene rings is 1. The van der Waals surface area contributed by atoms with E-state index in [0.717, 1.165) is 5.56 Å². The lowest BCUT2D eigenvalue weighted by Crippen LogP contribution is -2.10. The molecule has 0 saturated heterocycles. The number of rotatable bonds is 3. The molecule has 1 aromatic rings. The largest absolute Gasteiger partial charge is 0.495 e. The van der Waals surface area contributed by atoms with Gasteiger partial charge in [-0.25, -0.2) is 0 Å². The summed E-state index contributed by atoms with van der Waals surface area (Å²) in [7, 11) is 2.90. The van der Waals surface area contributed by atoms with E-state index in [0.29, 0.717) is 10.8 Å². The molecular weight excluding hydrogens is 216 g/mol. The van der Waals surface area contributed by atoms with Gasteiger partial charge in [-0.15, -0.1) is 0 Å². The number of halogens is 1. The molecule has 4 heteroatoms. The Morgan fingerprint density at radius 1 is 1.40 bits per heavy atom. The lowest BCUT2D eigenvalue weighted by molar-refractivity contribution is -0.141. The van der Waals surface area contributed by atoms with E-state index in [1.54, 1.807) is 25.1 Å². The number of carbonyl (C=O) groups excluding carboxylic acids is 1. The van der Waals surface area contributed by atoms with Gasteiger partial charge in [0.2, 0.25) is 0 Å². The molecule has 1 atom stereocenters. The van der Waals surface area contributed by atoms with Crippen molar-refractivity contribution in [1.29, 1.82) is 0 Å². The molecule has 0 heterocycles. The van der Waals surface area contributed by atoms with Gasteiger partial charge in [-0.2, -0.15) is 0 Å². The maximum Gasteiger partial charge on any atom is 0.312 e. The zero-order valence-corrected chi connectivity index (χ0v) is 9.67. The van der Waals surface area contributed by atoms with E-state index >= 15 is 0 Å². The average Bonchev–Trinajstić information content (AvgIpc) is 2.27. The first-order chi connectivity index (χ1) is 7.10. The van der Waals surface area contributed by atoms with Gasteiger partial charge in [0, 0.05) is 0 Å². The number of methoxy groups -OCH3 is 2. The van der Waals surface area contributed by atoms with E-state index in [1.165, 1.54) is 14.2 Å². The van der Waals surface area contributed by atoms with Crippen LogP contribution in [0.4, 0.5) is 0 Å². The Morgan fingerprint density at radius 3 is 2.60 bits per heavy atom. The van der Waals surface area contributed by atoms with Crippen LogP contribution in [0.2, 0.25) is 5.02 Å². The predicted molar refractivity (Wildman–Crippen MR) is 58.4 cm³/mol. The monoisotopic (exact) mass is 228 g/mol. The molecule has 1 unspecified atom stereocenters. The van der Waals surface area contributed by atoms with Crippen LogP contribution in [-0.4, -0.2) is 20.2 Å². The second-order valence-corrected chi connectivity index (χ2v) is 3.55. The van der Waals surface area contributed by atoms with Crippen molar-refractivity contribution >= 4 is 17.6 Å². The van der Waals surface area contributed by atoms with Crippen molar-refractivity contribution in [3.8, 4) is 5.75 Å². The average molecular weight is 229 g/mol. The summed E-state index contributed by atoms with van der Waals surface area (Å²) in [6.45, 7) is 1.77. The fourth-order valence-electron chi connectivity index (χ4n) is 1.26. The topological polar surface area (TPSA) is 35.5 Å². The van der Waals surface area contributed by atoms with Crippen LogP contribution in [0.25, 0.3) is 0 Å². The Labute approximate surface area is 93.9 Å².